The van der Waals surface area contributed by atoms with E-state index in [1.165, 1.54) is 11.1 Å². The second-order valence-corrected chi connectivity index (χ2v) is 7.65. The second kappa shape index (κ2) is 7.06. The Hall–Kier alpha value is -1.43. The molecule has 1 aromatic carbocycles. The Labute approximate surface area is 149 Å². The maximum absolute atomic E-state index is 12.3. The number of hydrogen-bond acceptors (Lipinski definition) is 4. The molecule has 3 aliphatic heterocycles. The molecule has 0 radical (unpaired) electrons. The maximum atomic E-state index is 12.3. The first kappa shape index (κ1) is 17.0. The topological polar surface area (TPSA) is 42.0 Å². The summed E-state index contributed by atoms with van der Waals surface area (Å²) in [6.45, 7) is 9.68. The van der Waals surface area contributed by atoms with E-state index in [1.54, 1.807) is 6.92 Å². The molecule has 3 aliphatic rings. The van der Waals surface area contributed by atoms with Gasteiger partial charge in [-0.3, -0.25) is 9.69 Å². The van der Waals surface area contributed by atoms with E-state index >= 15 is 0 Å². The number of nitrogens with zero attached hydrogens (tertiary/aromatic N) is 2. The molecule has 136 valence electrons. The maximum Gasteiger partial charge on any atom is 0.219 e. The SMILES string of the molecule is CC(=O)N1C[C@H]2CN(C3COCCOC3)C[C@H]2[C@H]1c1ccccc1C. The van der Waals surface area contributed by atoms with Gasteiger partial charge in [-0.2, -0.15) is 0 Å². The van der Waals surface area contributed by atoms with Crippen molar-refractivity contribution in [2.24, 2.45) is 11.8 Å². The number of hydrogen-bond donors (Lipinski definition) is 0. The van der Waals surface area contributed by atoms with Crippen molar-refractivity contribution in [2.75, 3.05) is 46.1 Å². The van der Waals surface area contributed by atoms with Gasteiger partial charge in [-0.25, -0.2) is 0 Å². The summed E-state index contributed by atoms with van der Waals surface area (Å²) in [4.78, 5) is 16.9. The highest BCUT2D eigenvalue weighted by molar-refractivity contribution is 5.74. The van der Waals surface area contributed by atoms with E-state index in [2.05, 4.69) is 41.0 Å². The van der Waals surface area contributed by atoms with Gasteiger partial charge in [0.1, 0.15) is 0 Å². The second-order valence-electron chi connectivity index (χ2n) is 7.65. The molecule has 0 spiro atoms. The summed E-state index contributed by atoms with van der Waals surface area (Å²) < 4.78 is 11.4. The van der Waals surface area contributed by atoms with Crippen LogP contribution in [0, 0.1) is 18.8 Å². The van der Waals surface area contributed by atoms with E-state index < -0.39 is 0 Å². The van der Waals surface area contributed by atoms with E-state index in [0.29, 0.717) is 31.1 Å². The molecule has 0 aromatic heterocycles. The fraction of sp³-hybridized carbons (Fsp3) is 0.650. The number of ether oxygens (including phenoxy) is 2. The van der Waals surface area contributed by atoms with Crippen molar-refractivity contribution in [3.05, 3.63) is 35.4 Å². The molecule has 0 aliphatic carbocycles. The smallest absolute Gasteiger partial charge is 0.219 e. The Morgan fingerprint density at radius 3 is 2.48 bits per heavy atom. The molecule has 0 bridgehead atoms. The zero-order chi connectivity index (χ0) is 17.4. The number of fused-ring (bicyclic) bond motifs is 1. The number of carbonyl (C=O) groups excluding carboxylic acids is 1. The molecule has 3 saturated heterocycles. The minimum absolute atomic E-state index is 0.190. The van der Waals surface area contributed by atoms with E-state index in [9.17, 15) is 4.79 Å². The van der Waals surface area contributed by atoms with Crippen LogP contribution in [0.15, 0.2) is 24.3 Å². The van der Waals surface area contributed by atoms with Crippen molar-refractivity contribution in [1.82, 2.24) is 9.80 Å². The third-order valence-corrected chi connectivity index (χ3v) is 6.11. The summed E-state index contributed by atoms with van der Waals surface area (Å²) in [6, 6.07) is 9.05. The Bertz CT molecular complexity index is 627. The zero-order valence-corrected chi connectivity index (χ0v) is 15.2. The van der Waals surface area contributed by atoms with Gasteiger partial charge in [0, 0.05) is 32.5 Å². The first-order valence-corrected chi connectivity index (χ1v) is 9.37. The van der Waals surface area contributed by atoms with Gasteiger partial charge in [-0.1, -0.05) is 24.3 Å². The van der Waals surface area contributed by atoms with Gasteiger partial charge in [0.25, 0.3) is 0 Å². The largest absolute Gasteiger partial charge is 0.377 e. The van der Waals surface area contributed by atoms with Crippen molar-refractivity contribution in [1.29, 1.82) is 0 Å². The number of aryl methyl sites for hydroxylation is 1. The Morgan fingerprint density at radius 1 is 1.08 bits per heavy atom. The highest BCUT2D eigenvalue weighted by Crippen LogP contribution is 2.46. The predicted octanol–water partition coefficient (Wildman–Crippen LogP) is 1.86. The molecule has 1 aromatic rings. The van der Waals surface area contributed by atoms with E-state index in [1.807, 2.05) is 0 Å². The summed E-state index contributed by atoms with van der Waals surface area (Å²) in [5.41, 5.74) is 2.58. The van der Waals surface area contributed by atoms with Crippen LogP contribution in [0.3, 0.4) is 0 Å². The molecule has 4 rings (SSSR count). The van der Waals surface area contributed by atoms with E-state index in [4.69, 9.17) is 9.47 Å². The number of likely N-dealkylation sites (tertiary alicyclic amines) is 2. The fourth-order valence-corrected chi connectivity index (χ4v) is 4.83. The van der Waals surface area contributed by atoms with Crippen molar-refractivity contribution < 1.29 is 14.3 Å². The van der Waals surface area contributed by atoms with Crippen molar-refractivity contribution in [3.63, 3.8) is 0 Å². The van der Waals surface area contributed by atoms with Crippen LogP contribution in [-0.4, -0.2) is 67.8 Å². The first-order valence-electron chi connectivity index (χ1n) is 9.37. The Balaban J connectivity index is 1.57. The zero-order valence-electron chi connectivity index (χ0n) is 15.2. The van der Waals surface area contributed by atoms with Crippen LogP contribution in [-0.2, 0) is 14.3 Å². The first-order chi connectivity index (χ1) is 12.1. The van der Waals surface area contributed by atoms with Crippen molar-refractivity contribution >= 4 is 5.91 Å². The standard InChI is InChI=1S/C20H28N2O3/c1-14-5-3-4-6-18(14)20-19-11-21(17-12-24-7-8-25-13-17)9-16(19)10-22(20)15(2)23/h3-6,16-17,19-20H,7-13H2,1-2H3/t16-,19-,20-/m1/s1. The molecular formula is C20H28N2O3. The molecule has 5 heteroatoms. The third-order valence-electron chi connectivity index (χ3n) is 6.11. The van der Waals surface area contributed by atoms with Gasteiger partial charge in [-0.15, -0.1) is 0 Å². The lowest BCUT2D eigenvalue weighted by atomic mass is 9.87. The highest BCUT2D eigenvalue weighted by Gasteiger charge is 2.49. The van der Waals surface area contributed by atoms with Gasteiger partial charge in [0.15, 0.2) is 0 Å². The molecule has 3 heterocycles. The lowest BCUT2D eigenvalue weighted by Gasteiger charge is -2.32. The summed E-state index contributed by atoms with van der Waals surface area (Å²) >= 11 is 0. The van der Waals surface area contributed by atoms with Crippen LogP contribution in [0.2, 0.25) is 0 Å². The number of carbonyl (C=O) groups is 1. The van der Waals surface area contributed by atoms with Gasteiger partial charge in [0.05, 0.1) is 38.5 Å². The normalized spacial score (nSPS) is 31.1. The quantitative estimate of drug-likeness (QED) is 0.821. The van der Waals surface area contributed by atoms with E-state index in [0.717, 1.165) is 32.8 Å². The number of benzene rings is 1. The van der Waals surface area contributed by atoms with Crippen LogP contribution in [0.25, 0.3) is 0 Å². The molecule has 3 atom stereocenters. The molecule has 0 N–H and O–H groups in total. The van der Waals surface area contributed by atoms with Crippen molar-refractivity contribution in [2.45, 2.75) is 25.9 Å². The van der Waals surface area contributed by atoms with Gasteiger partial charge in [-0.05, 0) is 24.0 Å². The van der Waals surface area contributed by atoms with Gasteiger partial charge < -0.3 is 14.4 Å². The lowest BCUT2D eigenvalue weighted by Crippen LogP contribution is -2.42. The predicted molar refractivity (Wildman–Crippen MR) is 95.3 cm³/mol. The molecule has 5 nitrogen and oxygen atoms in total. The third kappa shape index (κ3) is 3.21. The summed E-state index contributed by atoms with van der Waals surface area (Å²) in [7, 11) is 0. The summed E-state index contributed by atoms with van der Waals surface area (Å²) in [6.07, 6.45) is 0. The van der Waals surface area contributed by atoms with Crippen molar-refractivity contribution in [3.8, 4) is 0 Å². The van der Waals surface area contributed by atoms with Crippen LogP contribution >= 0.6 is 0 Å². The molecule has 0 unspecified atom stereocenters. The molecule has 1 amide bonds. The number of amides is 1. The molecular weight excluding hydrogens is 316 g/mol. The van der Waals surface area contributed by atoms with Crippen LogP contribution < -0.4 is 0 Å². The van der Waals surface area contributed by atoms with Crippen LogP contribution in [0.5, 0.6) is 0 Å². The van der Waals surface area contributed by atoms with Gasteiger partial charge in [0.2, 0.25) is 5.91 Å². The molecule has 0 saturated carbocycles. The van der Waals surface area contributed by atoms with Crippen LogP contribution in [0.1, 0.15) is 24.1 Å². The van der Waals surface area contributed by atoms with Crippen LogP contribution in [0.4, 0.5) is 0 Å². The minimum Gasteiger partial charge on any atom is -0.377 e. The fourth-order valence-electron chi connectivity index (χ4n) is 4.83. The summed E-state index contributed by atoms with van der Waals surface area (Å²) in [5.74, 6) is 1.22. The average molecular weight is 344 g/mol. The highest BCUT2D eigenvalue weighted by atomic mass is 16.5. The molecule has 3 fully saturated rings. The monoisotopic (exact) mass is 344 g/mol. The Kier molecular flexibility index (Phi) is 4.80. The molecule has 25 heavy (non-hydrogen) atoms. The lowest BCUT2D eigenvalue weighted by molar-refractivity contribution is -0.130. The van der Waals surface area contributed by atoms with Gasteiger partial charge >= 0.3 is 0 Å². The summed E-state index contributed by atoms with van der Waals surface area (Å²) in [5, 5.41) is 0. The number of rotatable bonds is 2. The minimum atomic E-state index is 0.190. The average Bonchev–Trinajstić information content (AvgIpc) is 3.02. The van der Waals surface area contributed by atoms with E-state index in [-0.39, 0.29) is 11.9 Å². The Morgan fingerprint density at radius 2 is 1.80 bits per heavy atom.